The SMILES string of the molecule is O=C(Nc1cccc(N2CCCCC2=O)c1)C1CC1. The number of benzene rings is 1. The first-order valence-corrected chi connectivity index (χ1v) is 6.95. The average Bonchev–Trinajstić information content (AvgIpc) is 3.24. The molecule has 1 N–H and O–H groups in total. The van der Waals surface area contributed by atoms with E-state index in [4.69, 9.17) is 0 Å². The fourth-order valence-corrected chi connectivity index (χ4v) is 2.42. The molecule has 0 bridgehead atoms. The van der Waals surface area contributed by atoms with Crippen molar-refractivity contribution in [3.63, 3.8) is 0 Å². The molecule has 2 fully saturated rings. The van der Waals surface area contributed by atoms with E-state index < -0.39 is 0 Å². The van der Waals surface area contributed by atoms with Gasteiger partial charge in [0.05, 0.1) is 0 Å². The maximum absolute atomic E-state index is 11.9. The van der Waals surface area contributed by atoms with Crippen LogP contribution in [0.5, 0.6) is 0 Å². The molecule has 0 aromatic heterocycles. The lowest BCUT2D eigenvalue weighted by Crippen LogP contribution is -2.35. The van der Waals surface area contributed by atoms with E-state index in [9.17, 15) is 9.59 Å². The first-order valence-electron chi connectivity index (χ1n) is 6.95. The van der Waals surface area contributed by atoms with Gasteiger partial charge in [0.2, 0.25) is 11.8 Å². The first kappa shape index (κ1) is 12.2. The van der Waals surface area contributed by atoms with Crippen LogP contribution in [0, 0.1) is 5.92 Å². The highest BCUT2D eigenvalue weighted by Crippen LogP contribution is 2.31. The van der Waals surface area contributed by atoms with E-state index in [1.54, 1.807) is 0 Å². The highest BCUT2D eigenvalue weighted by atomic mass is 16.2. The Hall–Kier alpha value is -1.84. The molecule has 2 aliphatic rings. The van der Waals surface area contributed by atoms with Crippen LogP contribution in [0.3, 0.4) is 0 Å². The molecule has 0 spiro atoms. The molecule has 1 heterocycles. The number of nitrogens with one attached hydrogen (secondary N) is 1. The van der Waals surface area contributed by atoms with Crippen LogP contribution in [0.4, 0.5) is 11.4 Å². The number of amides is 2. The minimum atomic E-state index is 0.0992. The monoisotopic (exact) mass is 258 g/mol. The van der Waals surface area contributed by atoms with Crippen molar-refractivity contribution in [2.75, 3.05) is 16.8 Å². The van der Waals surface area contributed by atoms with Crippen molar-refractivity contribution >= 4 is 23.2 Å². The first-order chi connectivity index (χ1) is 9.24. The number of carbonyl (C=O) groups is 2. The number of hydrogen-bond donors (Lipinski definition) is 1. The molecule has 2 amide bonds. The van der Waals surface area contributed by atoms with E-state index in [1.807, 2.05) is 29.2 Å². The molecule has 4 nitrogen and oxygen atoms in total. The Bertz CT molecular complexity index is 509. The Balaban J connectivity index is 1.74. The highest BCUT2D eigenvalue weighted by Gasteiger charge is 2.29. The highest BCUT2D eigenvalue weighted by molar-refractivity contribution is 5.97. The van der Waals surface area contributed by atoms with Gasteiger partial charge in [0.15, 0.2) is 0 Å². The summed E-state index contributed by atoms with van der Waals surface area (Å²) in [7, 11) is 0. The van der Waals surface area contributed by atoms with E-state index in [0.717, 1.165) is 43.6 Å². The van der Waals surface area contributed by atoms with Crippen molar-refractivity contribution in [3.05, 3.63) is 24.3 Å². The van der Waals surface area contributed by atoms with Crippen LogP contribution < -0.4 is 10.2 Å². The number of hydrogen-bond acceptors (Lipinski definition) is 2. The van der Waals surface area contributed by atoms with Crippen molar-refractivity contribution in [3.8, 4) is 0 Å². The molecule has 3 rings (SSSR count). The van der Waals surface area contributed by atoms with E-state index in [-0.39, 0.29) is 17.7 Å². The second-order valence-corrected chi connectivity index (χ2v) is 5.32. The number of rotatable bonds is 3. The normalized spacial score (nSPS) is 19.4. The van der Waals surface area contributed by atoms with Crippen LogP contribution >= 0.6 is 0 Å². The van der Waals surface area contributed by atoms with Gasteiger partial charge in [-0.1, -0.05) is 6.07 Å². The summed E-state index contributed by atoms with van der Waals surface area (Å²) in [6.45, 7) is 0.777. The van der Waals surface area contributed by atoms with Crippen molar-refractivity contribution in [1.82, 2.24) is 0 Å². The lowest BCUT2D eigenvalue weighted by atomic mass is 10.1. The van der Waals surface area contributed by atoms with Gasteiger partial charge in [0.25, 0.3) is 0 Å². The van der Waals surface area contributed by atoms with E-state index in [1.165, 1.54) is 0 Å². The minimum absolute atomic E-state index is 0.0992. The van der Waals surface area contributed by atoms with Gasteiger partial charge in [-0.3, -0.25) is 9.59 Å². The molecule has 4 heteroatoms. The summed E-state index contributed by atoms with van der Waals surface area (Å²) in [5.41, 5.74) is 1.67. The molecule has 19 heavy (non-hydrogen) atoms. The molecular weight excluding hydrogens is 240 g/mol. The smallest absolute Gasteiger partial charge is 0.227 e. The van der Waals surface area contributed by atoms with Gasteiger partial charge in [-0.2, -0.15) is 0 Å². The summed E-state index contributed by atoms with van der Waals surface area (Å²) in [6, 6.07) is 7.58. The quantitative estimate of drug-likeness (QED) is 0.905. The third kappa shape index (κ3) is 2.78. The van der Waals surface area contributed by atoms with Crippen LogP contribution in [-0.2, 0) is 9.59 Å². The van der Waals surface area contributed by atoms with Gasteiger partial charge < -0.3 is 10.2 Å². The van der Waals surface area contributed by atoms with Gasteiger partial charge >= 0.3 is 0 Å². The van der Waals surface area contributed by atoms with Crippen molar-refractivity contribution in [1.29, 1.82) is 0 Å². The average molecular weight is 258 g/mol. The Labute approximate surface area is 112 Å². The number of piperidine rings is 1. The van der Waals surface area contributed by atoms with Crippen molar-refractivity contribution < 1.29 is 9.59 Å². The van der Waals surface area contributed by atoms with E-state index in [0.29, 0.717) is 6.42 Å². The number of nitrogens with zero attached hydrogens (tertiary/aromatic N) is 1. The number of carbonyl (C=O) groups excluding carboxylic acids is 2. The van der Waals surface area contributed by atoms with Crippen molar-refractivity contribution in [2.24, 2.45) is 5.92 Å². The van der Waals surface area contributed by atoms with Gasteiger partial charge in [0.1, 0.15) is 0 Å². The summed E-state index contributed by atoms with van der Waals surface area (Å²) in [5.74, 6) is 0.472. The molecule has 1 aromatic carbocycles. The minimum Gasteiger partial charge on any atom is -0.326 e. The van der Waals surface area contributed by atoms with Gasteiger partial charge in [-0.15, -0.1) is 0 Å². The molecule has 0 atom stereocenters. The summed E-state index contributed by atoms with van der Waals surface area (Å²) in [5, 5.41) is 2.92. The molecule has 100 valence electrons. The summed E-state index contributed by atoms with van der Waals surface area (Å²) in [6.07, 6.45) is 4.64. The maximum Gasteiger partial charge on any atom is 0.227 e. The lowest BCUT2D eigenvalue weighted by molar-refractivity contribution is -0.119. The Kier molecular flexibility index (Phi) is 3.23. The largest absolute Gasteiger partial charge is 0.326 e. The zero-order valence-electron chi connectivity index (χ0n) is 10.9. The van der Waals surface area contributed by atoms with Crippen LogP contribution in [-0.4, -0.2) is 18.4 Å². The standard InChI is InChI=1S/C15H18N2O2/c18-14-6-1-2-9-17(14)13-5-3-4-12(10-13)16-15(19)11-7-8-11/h3-5,10-11H,1-2,6-9H2,(H,16,19). The molecule has 0 radical (unpaired) electrons. The van der Waals surface area contributed by atoms with Gasteiger partial charge in [-0.25, -0.2) is 0 Å². The number of anilines is 2. The second-order valence-electron chi connectivity index (χ2n) is 5.32. The third-order valence-corrected chi connectivity index (χ3v) is 3.70. The van der Waals surface area contributed by atoms with E-state index in [2.05, 4.69) is 5.32 Å². The Morgan fingerprint density at radius 2 is 2.11 bits per heavy atom. The summed E-state index contributed by atoms with van der Waals surface area (Å²) < 4.78 is 0. The molecule has 0 unspecified atom stereocenters. The molecular formula is C15H18N2O2. The van der Waals surface area contributed by atoms with Crippen LogP contribution in [0.25, 0.3) is 0 Å². The fourth-order valence-electron chi connectivity index (χ4n) is 2.42. The lowest BCUT2D eigenvalue weighted by Gasteiger charge is -2.27. The van der Waals surface area contributed by atoms with E-state index >= 15 is 0 Å². The predicted molar refractivity (Wildman–Crippen MR) is 74.0 cm³/mol. The van der Waals surface area contributed by atoms with Crippen LogP contribution in [0.15, 0.2) is 24.3 Å². The van der Waals surface area contributed by atoms with Crippen molar-refractivity contribution in [2.45, 2.75) is 32.1 Å². The zero-order valence-corrected chi connectivity index (χ0v) is 10.9. The van der Waals surface area contributed by atoms with Crippen LogP contribution in [0.2, 0.25) is 0 Å². The predicted octanol–water partition coefficient (Wildman–Crippen LogP) is 2.55. The Morgan fingerprint density at radius 3 is 2.84 bits per heavy atom. The zero-order chi connectivity index (χ0) is 13.2. The summed E-state index contributed by atoms with van der Waals surface area (Å²) in [4.78, 5) is 25.4. The fraction of sp³-hybridized carbons (Fsp3) is 0.467. The molecule has 1 aliphatic carbocycles. The van der Waals surface area contributed by atoms with Gasteiger partial charge in [0, 0.05) is 30.3 Å². The van der Waals surface area contributed by atoms with Gasteiger partial charge in [-0.05, 0) is 43.9 Å². The molecule has 1 aromatic rings. The topological polar surface area (TPSA) is 49.4 Å². The molecule has 1 aliphatic heterocycles. The summed E-state index contributed by atoms with van der Waals surface area (Å²) >= 11 is 0. The Morgan fingerprint density at radius 1 is 1.26 bits per heavy atom. The molecule has 1 saturated carbocycles. The molecule has 1 saturated heterocycles. The maximum atomic E-state index is 11.9. The van der Waals surface area contributed by atoms with Crippen LogP contribution in [0.1, 0.15) is 32.1 Å². The second kappa shape index (κ2) is 5.03. The third-order valence-electron chi connectivity index (χ3n) is 3.70.